The van der Waals surface area contributed by atoms with Crippen molar-refractivity contribution in [1.29, 1.82) is 0 Å². The summed E-state index contributed by atoms with van der Waals surface area (Å²) in [6.07, 6.45) is 2.28. The van der Waals surface area contributed by atoms with Gasteiger partial charge in [-0.3, -0.25) is 9.80 Å². The highest BCUT2D eigenvalue weighted by atomic mass is 19.1. The number of benzene rings is 2. The normalized spacial score (nSPS) is 24.0. The number of aromatic nitrogens is 1. The average molecular weight is 481 g/mol. The standard InChI is InChI=1S/C27H33FN4O3/c28-22-6-8-26-24(15-22)27(29-35-26)32-10-9-31-16-20(5-7-23(31)18-32)19-34-25-4-2-1-3-21(25)17-30-11-13-33-14-12-30/h1-4,6,8,15,20,23H,5,7,9-14,16-19H2/t20-,23-/m0/s1. The van der Waals surface area contributed by atoms with Crippen molar-refractivity contribution in [3.8, 4) is 5.75 Å². The SMILES string of the molecule is Fc1ccc2onc(N3CCN4C[C@@H](COc5ccccc5CN5CCOCC5)CC[C@H]4C3)c2c1. The Morgan fingerprint density at radius 3 is 2.80 bits per heavy atom. The van der Waals surface area contributed by atoms with Crippen molar-refractivity contribution >= 4 is 16.8 Å². The van der Waals surface area contributed by atoms with E-state index in [4.69, 9.17) is 14.0 Å². The molecule has 1 aromatic heterocycles. The van der Waals surface area contributed by atoms with Crippen molar-refractivity contribution in [1.82, 2.24) is 15.0 Å². The minimum atomic E-state index is -0.257. The predicted molar refractivity (Wildman–Crippen MR) is 132 cm³/mol. The summed E-state index contributed by atoms with van der Waals surface area (Å²) in [4.78, 5) is 7.28. The number of piperidine rings is 1. The van der Waals surface area contributed by atoms with Gasteiger partial charge in [-0.25, -0.2) is 4.39 Å². The number of fused-ring (bicyclic) bond motifs is 2. The summed E-state index contributed by atoms with van der Waals surface area (Å²) in [5.41, 5.74) is 1.89. The lowest BCUT2D eigenvalue weighted by molar-refractivity contribution is 0.0335. The number of anilines is 1. The lowest BCUT2D eigenvalue weighted by atomic mass is 9.91. The van der Waals surface area contributed by atoms with Crippen LogP contribution in [0.5, 0.6) is 5.75 Å². The molecule has 35 heavy (non-hydrogen) atoms. The van der Waals surface area contributed by atoms with Crippen LogP contribution in [0.15, 0.2) is 47.0 Å². The highest BCUT2D eigenvalue weighted by Gasteiger charge is 2.34. The molecule has 3 saturated heterocycles. The number of rotatable bonds is 6. The maximum absolute atomic E-state index is 13.8. The first-order valence-electron chi connectivity index (χ1n) is 12.8. The molecule has 6 rings (SSSR count). The van der Waals surface area contributed by atoms with E-state index in [0.717, 1.165) is 95.4 Å². The van der Waals surface area contributed by atoms with Crippen molar-refractivity contribution in [3.05, 3.63) is 53.8 Å². The summed E-state index contributed by atoms with van der Waals surface area (Å²) in [5.74, 6) is 2.04. The molecule has 0 aliphatic carbocycles. The summed E-state index contributed by atoms with van der Waals surface area (Å²) >= 11 is 0. The lowest BCUT2D eigenvalue weighted by Crippen LogP contribution is -2.57. The molecule has 3 aliphatic rings. The zero-order valence-electron chi connectivity index (χ0n) is 20.1. The fraction of sp³-hybridized carbons (Fsp3) is 0.519. The van der Waals surface area contributed by atoms with Crippen molar-refractivity contribution in [2.75, 3.05) is 64.0 Å². The molecule has 0 bridgehead atoms. The van der Waals surface area contributed by atoms with Crippen LogP contribution in [0.2, 0.25) is 0 Å². The molecule has 0 amide bonds. The van der Waals surface area contributed by atoms with Crippen LogP contribution >= 0.6 is 0 Å². The van der Waals surface area contributed by atoms with Crippen molar-refractivity contribution in [3.63, 3.8) is 0 Å². The van der Waals surface area contributed by atoms with Crippen molar-refractivity contribution in [2.45, 2.75) is 25.4 Å². The first kappa shape index (κ1) is 22.8. The van der Waals surface area contributed by atoms with Crippen LogP contribution in [-0.4, -0.2) is 80.1 Å². The maximum atomic E-state index is 13.8. The largest absolute Gasteiger partial charge is 0.493 e. The van der Waals surface area contributed by atoms with E-state index in [1.807, 2.05) is 0 Å². The molecule has 3 aromatic rings. The molecule has 8 heteroatoms. The predicted octanol–water partition coefficient (Wildman–Crippen LogP) is 3.78. The molecule has 0 N–H and O–H groups in total. The second-order valence-corrected chi connectivity index (χ2v) is 9.99. The minimum Gasteiger partial charge on any atom is -0.493 e. The first-order chi connectivity index (χ1) is 17.2. The number of para-hydroxylation sites is 1. The molecular formula is C27H33FN4O3. The second-order valence-electron chi connectivity index (χ2n) is 9.99. The Hall–Kier alpha value is -2.68. The summed E-state index contributed by atoms with van der Waals surface area (Å²) in [6, 6.07) is 13.5. The molecule has 2 aromatic carbocycles. The molecule has 0 spiro atoms. The Kier molecular flexibility index (Phi) is 6.59. The van der Waals surface area contributed by atoms with Gasteiger partial charge in [-0.05, 0) is 37.1 Å². The number of halogens is 1. The number of nitrogens with zero attached hydrogens (tertiary/aromatic N) is 4. The number of hydrogen-bond acceptors (Lipinski definition) is 7. The summed E-state index contributed by atoms with van der Waals surface area (Å²) < 4.78 is 31.1. The van der Waals surface area contributed by atoms with E-state index in [0.29, 0.717) is 17.5 Å². The summed E-state index contributed by atoms with van der Waals surface area (Å²) in [5, 5.41) is 5.02. The van der Waals surface area contributed by atoms with E-state index in [9.17, 15) is 4.39 Å². The Labute approximate surface area is 205 Å². The average Bonchev–Trinajstić information content (AvgIpc) is 3.31. The Bertz CT molecular complexity index is 1150. The number of hydrogen-bond donors (Lipinski definition) is 0. The summed E-state index contributed by atoms with van der Waals surface area (Å²) in [6.45, 7) is 9.02. The van der Waals surface area contributed by atoms with Gasteiger partial charge in [0.1, 0.15) is 11.6 Å². The van der Waals surface area contributed by atoms with E-state index >= 15 is 0 Å². The number of ether oxygens (including phenoxy) is 2. The molecule has 4 heterocycles. The fourth-order valence-corrected chi connectivity index (χ4v) is 5.70. The van der Waals surface area contributed by atoms with Gasteiger partial charge in [0, 0.05) is 63.3 Å². The number of morpholine rings is 1. The lowest BCUT2D eigenvalue weighted by Gasteiger charge is -2.46. The zero-order valence-corrected chi connectivity index (χ0v) is 20.1. The van der Waals surface area contributed by atoms with Gasteiger partial charge in [0.15, 0.2) is 11.4 Å². The van der Waals surface area contributed by atoms with Gasteiger partial charge in [-0.2, -0.15) is 0 Å². The van der Waals surface area contributed by atoms with Gasteiger partial charge in [-0.1, -0.05) is 23.4 Å². The Morgan fingerprint density at radius 1 is 1.00 bits per heavy atom. The molecule has 186 valence electrons. The van der Waals surface area contributed by atoms with Crippen molar-refractivity contribution in [2.24, 2.45) is 5.92 Å². The van der Waals surface area contributed by atoms with Gasteiger partial charge >= 0.3 is 0 Å². The maximum Gasteiger partial charge on any atom is 0.180 e. The molecule has 2 atom stereocenters. The molecule has 0 radical (unpaired) electrons. The van der Waals surface area contributed by atoms with Gasteiger partial charge in [0.2, 0.25) is 0 Å². The van der Waals surface area contributed by atoms with E-state index in [2.05, 4.69) is 44.1 Å². The first-order valence-corrected chi connectivity index (χ1v) is 12.8. The van der Waals surface area contributed by atoms with Gasteiger partial charge < -0.3 is 18.9 Å². The summed E-state index contributed by atoms with van der Waals surface area (Å²) in [7, 11) is 0. The van der Waals surface area contributed by atoms with Gasteiger partial charge in [0.25, 0.3) is 0 Å². The van der Waals surface area contributed by atoms with Crippen LogP contribution < -0.4 is 9.64 Å². The van der Waals surface area contributed by atoms with Crippen LogP contribution in [0.1, 0.15) is 18.4 Å². The third kappa shape index (κ3) is 5.01. The minimum absolute atomic E-state index is 0.257. The van der Waals surface area contributed by atoms with E-state index in [1.54, 1.807) is 6.07 Å². The van der Waals surface area contributed by atoms with E-state index in [1.165, 1.54) is 17.7 Å². The van der Waals surface area contributed by atoms with Crippen LogP contribution in [0.4, 0.5) is 10.2 Å². The smallest absolute Gasteiger partial charge is 0.180 e. The third-order valence-corrected chi connectivity index (χ3v) is 7.66. The van der Waals surface area contributed by atoms with Crippen molar-refractivity contribution < 1.29 is 18.4 Å². The fourth-order valence-electron chi connectivity index (χ4n) is 5.70. The van der Waals surface area contributed by atoms with Gasteiger partial charge in [-0.15, -0.1) is 0 Å². The van der Waals surface area contributed by atoms with Crippen LogP contribution in [0.25, 0.3) is 11.0 Å². The molecule has 0 unspecified atom stereocenters. The quantitative estimate of drug-likeness (QED) is 0.532. The Balaban J connectivity index is 1.04. The molecular weight excluding hydrogens is 447 g/mol. The monoisotopic (exact) mass is 480 g/mol. The third-order valence-electron chi connectivity index (χ3n) is 7.66. The van der Waals surface area contributed by atoms with Crippen LogP contribution in [-0.2, 0) is 11.3 Å². The molecule has 3 aliphatic heterocycles. The Morgan fingerprint density at radius 2 is 1.89 bits per heavy atom. The molecule has 3 fully saturated rings. The van der Waals surface area contributed by atoms with E-state index < -0.39 is 0 Å². The van der Waals surface area contributed by atoms with Crippen LogP contribution in [0, 0.1) is 11.7 Å². The zero-order chi connectivity index (χ0) is 23.6. The van der Waals surface area contributed by atoms with Gasteiger partial charge in [0.05, 0.1) is 25.2 Å². The molecule has 0 saturated carbocycles. The van der Waals surface area contributed by atoms with Crippen LogP contribution in [0.3, 0.4) is 0 Å². The topological polar surface area (TPSA) is 54.2 Å². The highest BCUT2D eigenvalue weighted by molar-refractivity contribution is 5.88. The number of piperazine rings is 1. The van der Waals surface area contributed by atoms with E-state index in [-0.39, 0.29) is 5.82 Å². The highest BCUT2D eigenvalue weighted by Crippen LogP contribution is 2.32. The second kappa shape index (κ2) is 10.1. The molecule has 7 nitrogen and oxygen atoms in total.